The van der Waals surface area contributed by atoms with E-state index in [1.807, 2.05) is 6.07 Å². The van der Waals surface area contributed by atoms with Crippen molar-refractivity contribution in [1.82, 2.24) is 15.3 Å². The van der Waals surface area contributed by atoms with Gasteiger partial charge in [-0.25, -0.2) is 23.5 Å². The van der Waals surface area contributed by atoms with Crippen molar-refractivity contribution >= 4 is 43.3 Å². The Hall–Kier alpha value is -2.56. The molecule has 0 radical (unpaired) electrons. The number of carbonyl (C=O) groups is 1. The highest BCUT2D eigenvalue weighted by Gasteiger charge is 2.10. The normalized spacial score (nSPS) is 11.5. The lowest BCUT2D eigenvalue weighted by atomic mass is 10.1. The van der Waals surface area contributed by atoms with Crippen molar-refractivity contribution in [3.63, 3.8) is 0 Å². The maximum absolute atomic E-state index is 12.1. The predicted molar refractivity (Wildman–Crippen MR) is 110 cm³/mol. The topological polar surface area (TPSA) is 127 Å². The van der Waals surface area contributed by atoms with Gasteiger partial charge in [0.25, 0.3) is 0 Å². The van der Waals surface area contributed by atoms with Gasteiger partial charge in [-0.1, -0.05) is 19.1 Å². The molecule has 1 aromatic carbocycles. The molecule has 148 valence electrons. The number of nitrogens with one attached hydrogen (secondary N) is 2. The number of hydrogen-bond donors (Lipinski definition) is 3. The van der Waals surface area contributed by atoms with Gasteiger partial charge < -0.3 is 10.6 Å². The van der Waals surface area contributed by atoms with E-state index in [1.54, 1.807) is 23.5 Å². The summed E-state index contributed by atoms with van der Waals surface area (Å²) in [7, 11) is -3.69. The molecule has 0 fully saturated rings. The van der Waals surface area contributed by atoms with Crippen molar-refractivity contribution in [2.75, 3.05) is 18.4 Å². The summed E-state index contributed by atoms with van der Waals surface area (Å²) >= 11 is 1.62. The second-order valence-electron chi connectivity index (χ2n) is 6.15. The molecule has 0 aliphatic carbocycles. The molecule has 0 bridgehead atoms. The van der Waals surface area contributed by atoms with Crippen LogP contribution in [-0.4, -0.2) is 37.4 Å². The summed E-state index contributed by atoms with van der Waals surface area (Å²) in [6.07, 6.45) is 3.00. The van der Waals surface area contributed by atoms with Crippen LogP contribution in [0.1, 0.15) is 17.4 Å². The lowest BCUT2D eigenvalue weighted by molar-refractivity contribution is -0.119. The van der Waals surface area contributed by atoms with E-state index in [-0.39, 0.29) is 17.3 Å². The monoisotopic (exact) mass is 419 g/mol. The van der Waals surface area contributed by atoms with Crippen molar-refractivity contribution < 1.29 is 13.2 Å². The number of carbonyl (C=O) groups excluding carboxylic acids is 1. The first-order valence-corrected chi connectivity index (χ1v) is 11.1. The number of fused-ring (bicyclic) bond motifs is 1. The standard InChI is InChI=1S/C18H21N5O3S2/c1-2-13-9-15-17(22-11-23-18(15)27-13)21-10-16(24)20-8-7-12-3-5-14(6-4-12)28(19,25)26/h3-6,9,11H,2,7-8,10H2,1H3,(H,20,24)(H2,19,25,26)(H,21,22,23). The molecule has 0 aliphatic rings. The summed E-state index contributed by atoms with van der Waals surface area (Å²) in [6, 6.07) is 8.33. The van der Waals surface area contributed by atoms with Crippen LogP contribution >= 0.6 is 11.3 Å². The minimum Gasteiger partial charge on any atom is -0.360 e. The first kappa shape index (κ1) is 20.2. The second-order valence-corrected chi connectivity index (χ2v) is 8.83. The van der Waals surface area contributed by atoms with E-state index in [2.05, 4.69) is 27.5 Å². The zero-order chi connectivity index (χ0) is 20.1. The van der Waals surface area contributed by atoms with Crippen LogP contribution in [0.3, 0.4) is 0 Å². The van der Waals surface area contributed by atoms with Crippen LogP contribution in [0.4, 0.5) is 5.82 Å². The molecule has 28 heavy (non-hydrogen) atoms. The van der Waals surface area contributed by atoms with Crippen molar-refractivity contribution in [1.29, 1.82) is 0 Å². The summed E-state index contributed by atoms with van der Waals surface area (Å²) in [5.41, 5.74) is 0.906. The molecule has 4 N–H and O–H groups in total. The number of hydrogen-bond acceptors (Lipinski definition) is 7. The number of sulfonamides is 1. The Morgan fingerprint density at radius 3 is 2.64 bits per heavy atom. The molecule has 2 heterocycles. The Morgan fingerprint density at radius 2 is 1.96 bits per heavy atom. The van der Waals surface area contributed by atoms with E-state index in [4.69, 9.17) is 5.14 Å². The Kier molecular flexibility index (Phi) is 6.22. The average molecular weight is 420 g/mol. The highest BCUT2D eigenvalue weighted by molar-refractivity contribution is 7.89. The van der Waals surface area contributed by atoms with Crippen LogP contribution in [0.2, 0.25) is 0 Å². The van der Waals surface area contributed by atoms with Crippen molar-refractivity contribution in [3.8, 4) is 0 Å². The van der Waals surface area contributed by atoms with Crippen LogP contribution < -0.4 is 15.8 Å². The number of aromatic nitrogens is 2. The summed E-state index contributed by atoms with van der Waals surface area (Å²) in [6.45, 7) is 2.63. The maximum Gasteiger partial charge on any atom is 0.239 e. The van der Waals surface area contributed by atoms with Crippen molar-refractivity contribution in [2.45, 2.75) is 24.7 Å². The highest BCUT2D eigenvalue weighted by Crippen LogP contribution is 2.28. The van der Waals surface area contributed by atoms with E-state index >= 15 is 0 Å². The van der Waals surface area contributed by atoms with Crippen LogP contribution in [0.5, 0.6) is 0 Å². The molecule has 0 unspecified atom stereocenters. The van der Waals surface area contributed by atoms with Crippen molar-refractivity contribution in [3.05, 3.63) is 47.1 Å². The van der Waals surface area contributed by atoms with Gasteiger partial charge in [-0.3, -0.25) is 4.79 Å². The SMILES string of the molecule is CCc1cc2c(NCC(=O)NCCc3ccc(S(N)(=O)=O)cc3)ncnc2s1. The number of aryl methyl sites for hydroxylation is 1. The Labute approximate surface area is 167 Å². The fraction of sp³-hybridized carbons (Fsp3) is 0.278. The van der Waals surface area contributed by atoms with Gasteiger partial charge in [0.2, 0.25) is 15.9 Å². The molecule has 3 rings (SSSR count). The Morgan fingerprint density at radius 1 is 1.21 bits per heavy atom. The van der Waals surface area contributed by atoms with E-state index < -0.39 is 10.0 Å². The van der Waals surface area contributed by atoms with Crippen molar-refractivity contribution in [2.24, 2.45) is 5.14 Å². The Balaban J connectivity index is 1.49. The third-order valence-corrected chi connectivity index (χ3v) is 6.25. The number of thiophene rings is 1. The van der Waals surface area contributed by atoms with Gasteiger partial charge >= 0.3 is 0 Å². The highest BCUT2D eigenvalue weighted by atomic mass is 32.2. The molecule has 0 aliphatic heterocycles. The first-order chi connectivity index (χ1) is 13.4. The number of primary sulfonamides is 1. The van der Waals surface area contributed by atoms with Gasteiger partial charge in [0.05, 0.1) is 16.8 Å². The van der Waals surface area contributed by atoms with E-state index in [0.717, 1.165) is 22.2 Å². The zero-order valence-corrected chi connectivity index (χ0v) is 16.9. The number of anilines is 1. The summed E-state index contributed by atoms with van der Waals surface area (Å²) < 4.78 is 22.5. The summed E-state index contributed by atoms with van der Waals surface area (Å²) in [5.74, 6) is 0.494. The van der Waals surface area contributed by atoms with Gasteiger partial charge in [-0.15, -0.1) is 11.3 Å². The fourth-order valence-electron chi connectivity index (χ4n) is 2.64. The molecule has 2 aromatic heterocycles. The van der Waals surface area contributed by atoms with Crippen LogP contribution in [-0.2, 0) is 27.7 Å². The lowest BCUT2D eigenvalue weighted by Gasteiger charge is -2.08. The first-order valence-electron chi connectivity index (χ1n) is 8.72. The van der Waals surface area contributed by atoms with E-state index in [1.165, 1.54) is 23.3 Å². The molecule has 8 nitrogen and oxygen atoms in total. The lowest BCUT2D eigenvalue weighted by Crippen LogP contribution is -2.31. The molecule has 0 saturated heterocycles. The van der Waals surface area contributed by atoms with Crippen LogP contribution in [0.25, 0.3) is 10.2 Å². The molecule has 0 spiro atoms. The summed E-state index contributed by atoms with van der Waals surface area (Å²) in [5, 5.41) is 11.9. The smallest absolute Gasteiger partial charge is 0.239 e. The van der Waals surface area contributed by atoms with Gasteiger partial charge in [0, 0.05) is 11.4 Å². The molecule has 0 atom stereocenters. The number of benzene rings is 1. The minimum absolute atomic E-state index is 0.0697. The zero-order valence-electron chi connectivity index (χ0n) is 15.3. The predicted octanol–water partition coefficient (Wildman–Crippen LogP) is 1.67. The quantitative estimate of drug-likeness (QED) is 0.510. The Bertz CT molecular complexity index is 1080. The molecular formula is C18H21N5O3S2. The van der Waals surface area contributed by atoms with Gasteiger partial charge in [-0.05, 0) is 36.6 Å². The van der Waals surface area contributed by atoms with E-state index in [0.29, 0.717) is 18.8 Å². The second kappa shape index (κ2) is 8.63. The summed E-state index contributed by atoms with van der Waals surface area (Å²) in [4.78, 5) is 22.8. The molecule has 1 amide bonds. The maximum atomic E-state index is 12.1. The molecule has 3 aromatic rings. The minimum atomic E-state index is -3.69. The van der Waals surface area contributed by atoms with Crippen LogP contribution in [0, 0.1) is 0 Å². The average Bonchev–Trinajstić information content (AvgIpc) is 3.10. The van der Waals surface area contributed by atoms with Gasteiger partial charge in [-0.2, -0.15) is 0 Å². The number of amides is 1. The third-order valence-electron chi connectivity index (χ3n) is 4.13. The largest absolute Gasteiger partial charge is 0.360 e. The molecule has 0 saturated carbocycles. The molecule has 10 heteroatoms. The van der Waals surface area contributed by atoms with Gasteiger partial charge in [0.1, 0.15) is 17.0 Å². The van der Waals surface area contributed by atoms with Gasteiger partial charge in [0.15, 0.2) is 0 Å². The molecular weight excluding hydrogens is 398 g/mol. The van der Waals surface area contributed by atoms with Crippen LogP contribution in [0.15, 0.2) is 41.6 Å². The number of rotatable bonds is 8. The number of nitrogens with two attached hydrogens (primary N) is 1. The third kappa shape index (κ3) is 5.03. The number of nitrogens with zero attached hydrogens (tertiary/aromatic N) is 2. The fourth-order valence-corrected chi connectivity index (χ4v) is 4.09. The van der Waals surface area contributed by atoms with E-state index in [9.17, 15) is 13.2 Å².